The fourth-order valence-electron chi connectivity index (χ4n) is 1.53. The van der Waals surface area contributed by atoms with Gasteiger partial charge in [-0.1, -0.05) is 42.5 Å². The summed E-state index contributed by atoms with van der Waals surface area (Å²) in [5.74, 6) is 0.00278. The summed E-state index contributed by atoms with van der Waals surface area (Å²) >= 11 is 0. The van der Waals surface area contributed by atoms with Gasteiger partial charge in [-0.25, -0.2) is 0 Å². The monoisotopic (exact) mass is 170 g/mol. The van der Waals surface area contributed by atoms with Crippen LogP contribution >= 0.6 is 0 Å². The first-order valence-corrected chi connectivity index (χ1v) is 4.27. The Bertz CT molecular complexity index is 388. The van der Waals surface area contributed by atoms with E-state index < -0.39 is 0 Å². The molecule has 1 aliphatic rings. The van der Waals surface area contributed by atoms with Crippen molar-refractivity contribution in [3.63, 3.8) is 0 Å². The van der Waals surface area contributed by atoms with Crippen molar-refractivity contribution in [2.75, 3.05) is 0 Å². The number of hydrogen-bond donors (Lipinski definition) is 0. The van der Waals surface area contributed by atoms with Gasteiger partial charge in [0.05, 0.1) is 5.92 Å². The van der Waals surface area contributed by atoms with E-state index in [1.165, 1.54) is 0 Å². The molecule has 0 aliphatic heterocycles. The van der Waals surface area contributed by atoms with E-state index in [0.29, 0.717) is 0 Å². The van der Waals surface area contributed by atoms with Crippen molar-refractivity contribution >= 4 is 11.9 Å². The first-order valence-electron chi connectivity index (χ1n) is 4.27. The Hall–Kier alpha value is -1.63. The second-order valence-corrected chi connectivity index (χ2v) is 3.07. The lowest BCUT2D eigenvalue weighted by molar-refractivity contribution is 0.0964. The average Bonchev–Trinajstić information content (AvgIpc) is 2.19. The van der Waals surface area contributed by atoms with Gasteiger partial charge in [0.25, 0.3) is 0 Å². The van der Waals surface area contributed by atoms with Crippen molar-refractivity contribution in [2.45, 2.75) is 0 Å². The smallest absolute Gasteiger partial charge is 0.174 e. The van der Waals surface area contributed by atoms with Gasteiger partial charge in [-0.3, -0.25) is 4.79 Å². The topological polar surface area (TPSA) is 17.1 Å². The molecule has 0 bridgehead atoms. The van der Waals surface area contributed by atoms with Crippen LogP contribution in [0.3, 0.4) is 0 Å². The molecule has 0 saturated carbocycles. The van der Waals surface area contributed by atoms with E-state index in [2.05, 4.69) is 6.58 Å². The molecule has 1 aliphatic carbocycles. The van der Waals surface area contributed by atoms with Crippen LogP contribution in [-0.4, -0.2) is 5.78 Å². The summed E-state index contributed by atoms with van der Waals surface area (Å²) in [4.78, 5) is 11.7. The largest absolute Gasteiger partial charge is 0.293 e. The number of fused-ring (bicyclic) bond motifs is 1. The highest BCUT2D eigenvalue weighted by Gasteiger charge is 2.19. The minimum Gasteiger partial charge on any atom is -0.293 e. The molecule has 0 radical (unpaired) electrons. The van der Waals surface area contributed by atoms with Crippen LogP contribution in [0.5, 0.6) is 0 Å². The molecular weight excluding hydrogens is 160 g/mol. The molecule has 1 atom stereocenters. The molecule has 1 nitrogen and oxygen atoms in total. The van der Waals surface area contributed by atoms with E-state index in [9.17, 15) is 4.79 Å². The Balaban J connectivity index is 2.54. The van der Waals surface area contributed by atoms with Gasteiger partial charge in [-0.05, 0) is 5.56 Å². The van der Waals surface area contributed by atoms with Crippen LogP contribution in [0.15, 0.2) is 43.0 Å². The lowest BCUT2D eigenvalue weighted by Gasteiger charge is -2.14. The zero-order valence-corrected chi connectivity index (χ0v) is 7.23. The SMILES string of the molecule is C=CC1C=Cc2ccccc2C1=O. The number of rotatable bonds is 1. The highest BCUT2D eigenvalue weighted by molar-refractivity contribution is 6.05. The van der Waals surface area contributed by atoms with Crippen molar-refractivity contribution in [3.8, 4) is 0 Å². The first kappa shape index (κ1) is 7.99. The predicted octanol–water partition coefficient (Wildman–Crippen LogP) is 2.70. The van der Waals surface area contributed by atoms with Gasteiger partial charge >= 0.3 is 0 Å². The Labute approximate surface area is 77.4 Å². The summed E-state index contributed by atoms with van der Waals surface area (Å²) in [6.45, 7) is 3.64. The van der Waals surface area contributed by atoms with Crippen molar-refractivity contribution in [1.29, 1.82) is 0 Å². The summed E-state index contributed by atoms with van der Waals surface area (Å²) < 4.78 is 0. The number of allylic oxidation sites excluding steroid dienone is 2. The van der Waals surface area contributed by atoms with E-state index >= 15 is 0 Å². The van der Waals surface area contributed by atoms with Crippen LogP contribution in [0.2, 0.25) is 0 Å². The maximum absolute atomic E-state index is 11.7. The maximum atomic E-state index is 11.7. The second kappa shape index (κ2) is 3.02. The molecule has 0 N–H and O–H groups in total. The summed E-state index contributed by atoms with van der Waals surface area (Å²) in [6.07, 6.45) is 5.54. The van der Waals surface area contributed by atoms with Gasteiger partial charge in [0.1, 0.15) is 0 Å². The quantitative estimate of drug-likeness (QED) is 0.592. The fourth-order valence-corrected chi connectivity index (χ4v) is 1.53. The summed E-state index contributed by atoms with van der Waals surface area (Å²) in [5.41, 5.74) is 1.81. The molecule has 2 rings (SSSR count). The van der Waals surface area contributed by atoms with Gasteiger partial charge in [0, 0.05) is 5.56 Å². The van der Waals surface area contributed by atoms with Gasteiger partial charge < -0.3 is 0 Å². The number of hydrogen-bond acceptors (Lipinski definition) is 1. The van der Waals surface area contributed by atoms with Crippen molar-refractivity contribution in [2.24, 2.45) is 5.92 Å². The van der Waals surface area contributed by atoms with Gasteiger partial charge in [-0.2, -0.15) is 0 Å². The van der Waals surface area contributed by atoms with Crippen LogP contribution in [0.25, 0.3) is 6.08 Å². The maximum Gasteiger partial charge on any atom is 0.174 e. The first-order chi connectivity index (χ1) is 6.33. The molecule has 0 heterocycles. The van der Waals surface area contributed by atoms with Crippen molar-refractivity contribution in [1.82, 2.24) is 0 Å². The van der Waals surface area contributed by atoms with Gasteiger partial charge in [0.15, 0.2) is 5.78 Å². The minimum absolute atomic E-state index is 0.144. The lowest BCUT2D eigenvalue weighted by atomic mass is 9.88. The molecule has 0 spiro atoms. The van der Waals surface area contributed by atoms with E-state index in [0.717, 1.165) is 11.1 Å². The summed E-state index contributed by atoms with van der Waals surface area (Å²) in [5, 5.41) is 0. The molecule has 0 saturated heterocycles. The Morgan fingerprint density at radius 2 is 2.08 bits per heavy atom. The van der Waals surface area contributed by atoms with Crippen molar-refractivity contribution in [3.05, 3.63) is 54.1 Å². The third-order valence-corrected chi connectivity index (χ3v) is 2.27. The molecule has 0 fully saturated rings. The number of benzene rings is 1. The number of carbonyl (C=O) groups is 1. The molecule has 64 valence electrons. The van der Waals surface area contributed by atoms with Gasteiger partial charge in [0.2, 0.25) is 0 Å². The predicted molar refractivity (Wildman–Crippen MR) is 53.5 cm³/mol. The fraction of sp³-hybridized carbons (Fsp3) is 0.0833. The third-order valence-electron chi connectivity index (χ3n) is 2.27. The molecule has 0 amide bonds. The molecular formula is C12H10O. The van der Waals surface area contributed by atoms with Crippen LogP contribution < -0.4 is 0 Å². The zero-order chi connectivity index (χ0) is 9.26. The van der Waals surface area contributed by atoms with Crippen molar-refractivity contribution < 1.29 is 4.79 Å². The Morgan fingerprint density at radius 3 is 2.85 bits per heavy atom. The molecule has 1 aromatic rings. The number of ketones is 1. The minimum atomic E-state index is -0.144. The third kappa shape index (κ3) is 1.22. The number of Topliss-reactive ketones (excluding diaryl/α,β-unsaturated/α-hetero) is 1. The van der Waals surface area contributed by atoms with E-state index in [-0.39, 0.29) is 11.7 Å². The van der Waals surface area contributed by atoms with Crippen LogP contribution in [0, 0.1) is 5.92 Å². The highest BCUT2D eigenvalue weighted by atomic mass is 16.1. The summed E-state index contributed by atoms with van der Waals surface area (Å²) in [7, 11) is 0. The standard InChI is InChI=1S/C12H10O/c1-2-9-7-8-10-5-3-4-6-11(10)12(9)13/h2-9H,1H2. The van der Waals surface area contributed by atoms with E-state index in [4.69, 9.17) is 0 Å². The van der Waals surface area contributed by atoms with Crippen LogP contribution in [0.1, 0.15) is 15.9 Å². The highest BCUT2D eigenvalue weighted by Crippen LogP contribution is 2.22. The molecule has 13 heavy (non-hydrogen) atoms. The zero-order valence-electron chi connectivity index (χ0n) is 7.23. The molecule has 1 unspecified atom stereocenters. The average molecular weight is 170 g/mol. The van der Waals surface area contributed by atoms with E-state index in [1.54, 1.807) is 6.08 Å². The summed E-state index contributed by atoms with van der Waals surface area (Å²) in [6, 6.07) is 7.63. The lowest BCUT2D eigenvalue weighted by Crippen LogP contribution is -2.14. The van der Waals surface area contributed by atoms with Crippen LogP contribution in [-0.2, 0) is 0 Å². The molecule has 1 heteroatoms. The molecule has 1 aromatic carbocycles. The molecule has 0 aromatic heterocycles. The Morgan fingerprint density at radius 1 is 1.31 bits per heavy atom. The van der Waals surface area contributed by atoms with Crippen LogP contribution in [0.4, 0.5) is 0 Å². The Kier molecular flexibility index (Phi) is 1.85. The van der Waals surface area contributed by atoms with Gasteiger partial charge in [-0.15, -0.1) is 6.58 Å². The normalized spacial score (nSPS) is 19.7. The second-order valence-electron chi connectivity index (χ2n) is 3.07. The van der Waals surface area contributed by atoms with E-state index in [1.807, 2.05) is 36.4 Å². The number of carbonyl (C=O) groups excluding carboxylic acids is 1.